The van der Waals surface area contributed by atoms with Gasteiger partial charge in [-0.3, -0.25) is 9.59 Å². The monoisotopic (exact) mass is 1130 g/mol. The normalized spacial score (nSPS) is 29.3. The molecule has 0 spiro atoms. The third kappa shape index (κ3) is 13.7. The summed E-state index contributed by atoms with van der Waals surface area (Å²) < 4.78 is 5.66. The topological polar surface area (TPSA) is 217 Å². The number of aromatic hydroxyl groups is 2. The van der Waals surface area contributed by atoms with E-state index < -0.39 is 47.6 Å². The minimum atomic E-state index is -1.88. The van der Waals surface area contributed by atoms with E-state index in [9.17, 15) is 35.4 Å². The first-order chi connectivity index (χ1) is 40.2. The minimum Gasteiger partial charge on any atom is -0.507 e. The maximum atomic E-state index is 15.5. The number of nitrogens with one attached hydrogen (secondary N) is 4. The van der Waals surface area contributed by atoms with Crippen LogP contribution in [0.4, 0.5) is 5.69 Å². The molecule has 13 nitrogen and oxygen atoms in total. The smallest absolute Gasteiger partial charge is 0.173 e. The number of hydrogen-bond acceptors (Lipinski definition) is 12. The van der Waals surface area contributed by atoms with Crippen LogP contribution in [0.15, 0.2) is 103 Å². The van der Waals surface area contributed by atoms with Crippen LogP contribution in [0, 0.1) is 53.3 Å². The third-order valence-electron chi connectivity index (χ3n) is 19.4. The van der Waals surface area contributed by atoms with E-state index in [0.29, 0.717) is 87.4 Å². The Morgan fingerprint density at radius 3 is 2.42 bits per heavy atom. The molecule has 5 aliphatic rings. The Hall–Kier alpha value is -6.40. The first-order valence-corrected chi connectivity index (χ1v) is 31.0. The average Bonchev–Trinajstić information content (AvgIpc) is 3.62. The van der Waals surface area contributed by atoms with E-state index in [-0.39, 0.29) is 72.7 Å². The molecule has 5 aromatic rings. The van der Waals surface area contributed by atoms with Crippen LogP contribution in [-0.2, 0) is 28.9 Å². The standard InChI is InChI=1S/C70H88N4O9/c1-5-10-57-50-29-49(28-45-19-22-59(58-14-7-6-13-56(58)44-12-8-11-41(2)27-44)60-37-65(79)66(83-4)33-46(60)20-23-63(77)70(82)69(81)61(45)32-50)55(15-9-26-75)47-24-25-72-67(34-47)74-52-21-18-43-16-17-48(68(80)62(43)35-52)31-54(76)40-71-38-42(3)51-30-53(73-39-51)36-64(57)78/h6-7,13-14,16-18,21,24,30,33-35,37,39,41-42,44-45,49-50,54-55,57,59,61,64,70-76,78-80,82H,5,8-12,15,20,23,25-29,31-32,36,38,40H2,1-4H3. The van der Waals surface area contributed by atoms with Crippen molar-refractivity contribution in [3.05, 3.63) is 142 Å². The number of hydrogen-bond donors (Lipinski definition) is 10. The lowest BCUT2D eigenvalue weighted by molar-refractivity contribution is -0.142. The Morgan fingerprint density at radius 1 is 0.807 bits per heavy atom. The molecule has 9 bridgehead atoms. The number of carbonyl (C=O) groups excluding carboxylic acids is 2. The van der Waals surface area contributed by atoms with Crippen LogP contribution in [0.1, 0.15) is 155 Å². The number of β-amino-alcohol motifs (C(OH)–C–C–N with tert-alkyl or cyclic N) is 1. The fourth-order valence-corrected chi connectivity index (χ4v) is 15.0. The number of fused-ring (bicyclic) bond motifs is 9. The second-order valence-corrected chi connectivity index (χ2v) is 25.1. The highest BCUT2D eigenvalue weighted by Crippen LogP contribution is 2.49. The number of allylic oxidation sites excluding steroid dienone is 2. The number of anilines is 1. The Morgan fingerprint density at radius 2 is 1.63 bits per heavy atom. The molecule has 2 fully saturated rings. The summed E-state index contributed by atoms with van der Waals surface area (Å²) in [6.07, 6.45) is 12.0. The van der Waals surface area contributed by atoms with Crippen molar-refractivity contribution in [2.45, 2.75) is 153 Å². The summed E-state index contributed by atoms with van der Waals surface area (Å²) in [4.78, 5) is 33.4. The van der Waals surface area contributed by atoms with Crippen molar-refractivity contribution in [2.24, 2.45) is 41.4 Å². The molecular formula is C70H88N4O9. The zero-order valence-electron chi connectivity index (χ0n) is 49.0. The van der Waals surface area contributed by atoms with Gasteiger partial charge in [0.1, 0.15) is 11.6 Å². The van der Waals surface area contributed by atoms with Gasteiger partial charge in [-0.15, -0.1) is 0 Å². The number of ether oxygens (including phenoxy) is 1. The van der Waals surface area contributed by atoms with Gasteiger partial charge >= 0.3 is 0 Å². The van der Waals surface area contributed by atoms with E-state index in [4.69, 9.17) is 4.74 Å². The first kappa shape index (κ1) is 59.7. The highest BCUT2D eigenvalue weighted by Gasteiger charge is 2.45. The Balaban J connectivity index is 1.13. The van der Waals surface area contributed by atoms with Gasteiger partial charge in [-0.05, 0) is 180 Å². The van der Waals surface area contributed by atoms with Crippen LogP contribution in [0.5, 0.6) is 17.2 Å². The van der Waals surface area contributed by atoms with E-state index >= 15 is 4.79 Å². The molecule has 0 amide bonds. The van der Waals surface area contributed by atoms with Gasteiger partial charge < -0.3 is 56.3 Å². The number of dihydropyridines is 1. The summed E-state index contributed by atoms with van der Waals surface area (Å²) >= 11 is 0. The van der Waals surface area contributed by atoms with Gasteiger partial charge in [-0.1, -0.05) is 100 Å². The van der Waals surface area contributed by atoms with Gasteiger partial charge in [0.25, 0.3) is 0 Å². The molecular weight excluding hydrogens is 1040 g/mol. The lowest BCUT2D eigenvalue weighted by Gasteiger charge is -2.36. The SMILES string of the molecule is CCCC1C(O)Cc2cc(c[nH]2)C(C)CNCC(O)Cc2ccc3ccc(cc3c2O)NC2=CC(=CCN2)C(CCCO)C2CC3C#CC(c4ccccc4C4CCCC(C)C4)c4cc(O)c(OC)cc4CCC(=O)C(O)C(=O)C3CC1C2. The minimum absolute atomic E-state index is 0.0207. The lowest BCUT2D eigenvalue weighted by Crippen LogP contribution is -2.40. The van der Waals surface area contributed by atoms with Crippen molar-refractivity contribution in [3.8, 4) is 29.1 Å². The number of benzene rings is 4. The predicted octanol–water partition coefficient (Wildman–Crippen LogP) is 10.6. The maximum Gasteiger partial charge on any atom is 0.173 e. The predicted molar refractivity (Wildman–Crippen MR) is 326 cm³/mol. The van der Waals surface area contributed by atoms with Crippen LogP contribution in [-0.4, -0.2) is 98.9 Å². The van der Waals surface area contributed by atoms with Crippen LogP contribution >= 0.6 is 0 Å². The number of carbonyl (C=O) groups is 2. The van der Waals surface area contributed by atoms with Crippen molar-refractivity contribution >= 4 is 28.0 Å². The molecule has 0 radical (unpaired) electrons. The summed E-state index contributed by atoms with van der Waals surface area (Å²) in [5.74, 6) is 5.83. The number of aromatic amines is 1. The summed E-state index contributed by atoms with van der Waals surface area (Å²) in [5.41, 5.74) is 8.22. The molecule has 13 atom stereocenters. The van der Waals surface area contributed by atoms with E-state index in [1.165, 1.54) is 19.1 Å². The van der Waals surface area contributed by atoms with Crippen LogP contribution in [0.25, 0.3) is 10.8 Å². The van der Waals surface area contributed by atoms with Gasteiger partial charge in [0.2, 0.25) is 0 Å². The number of aryl methyl sites for hydroxylation is 1. The number of phenolic OH excluding ortho intramolecular Hbond substituents is 2. The number of aliphatic hydroxyl groups excluding tert-OH is 4. The van der Waals surface area contributed by atoms with Crippen molar-refractivity contribution in [2.75, 3.05) is 38.7 Å². The highest BCUT2D eigenvalue weighted by molar-refractivity contribution is 6.06. The van der Waals surface area contributed by atoms with Crippen LogP contribution < -0.4 is 20.7 Å². The van der Waals surface area contributed by atoms with Crippen molar-refractivity contribution in [1.29, 1.82) is 0 Å². The van der Waals surface area contributed by atoms with Crippen molar-refractivity contribution < 1.29 is 45.0 Å². The number of aliphatic hydroxyl groups is 4. The molecule has 3 heterocycles. The molecule has 2 saturated carbocycles. The zero-order valence-corrected chi connectivity index (χ0v) is 49.0. The molecule has 1 aromatic heterocycles. The number of rotatable bonds is 8. The van der Waals surface area contributed by atoms with Gasteiger partial charge in [-0.25, -0.2) is 0 Å². The number of aromatic nitrogens is 1. The van der Waals surface area contributed by atoms with Gasteiger partial charge in [-0.2, -0.15) is 0 Å². The molecule has 13 unspecified atom stereocenters. The molecule has 2 aliphatic heterocycles. The molecule has 83 heavy (non-hydrogen) atoms. The van der Waals surface area contributed by atoms with Gasteiger partial charge in [0.15, 0.2) is 29.2 Å². The van der Waals surface area contributed by atoms with Gasteiger partial charge in [0, 0.05) is 80.3 Å². The van der Waals surface area contributed by atoms with Crippen molar-refractivity contribution in [1.82, 2.24) is 15.6 Å². The Kier molecular flexibility index (Phi) is 19.5. The largest absolute Gasteiger partial charge is 0.507 e. The number of Topliss-reactive ketones (excluding diaryl/α,β-unsaturated/α-hetero) is 2. The zero-order chi connectivity index (χ0) is 58.3. The summed E-state index contributed by atoms with van der Waals surface area (Å²) in [7, 11) is 1.50. The third-order valence-corrected chi connectivity index (χ3v) is 19.4. The molecule has 3 aliphatic carbocycles. The summed E-state index contributed by atoms with van der Waals surface area (Å²) in [6, 6.07) is 23.9. The van der Waals surface area contributed by atoms with Gasteiger partial charge in [0.05, 0.1) is 25.2 Å². The second kappa shape index (κ2) is 27.1. The number of ketones is 2. The fraction of sp³-hybridized carbons (Fsp3) is 0.514. The Bertz CT molecular complexity index is 3220. The van der Waals surface area contributed by atoms with Crippen molar-refractivity contribution in [3.63, 3.8) is 0 Å². The highest BCUT2D eigenvalue weighted by atomic mass is 16.5. The quantitative estimate of drug-likeness (QED) is 0.0519. The summed E-state index contributed by atoms with van der Waals surface area (Å²) in [5, 5.41) is 82.1. The van der Waals surface area contributed by atoms with Crippen LogP contribution in [0.2, 0.25) is 0 Å². The molecule has 10 rings (SSSR count). The maximum absolute atomic E-state index is 15.5. The second-order valence-electron chi connectivity index (χ2n) is 25.1. The van der Waals surface area contributed by atoms with E-state index in [0.717, 1.165) is 76.1 Å². The molecule has 442 valence electrons. The summed E-state index contributed by atoms with van der Waals surface area (Å²) in [6.45, 7) is 8.00. The molecule has 10 N–H and O–H groups in total. The van der Waals surface area contributed by atoms with E-state index in [2.05, 4.69) is 96.0 Å². The number of methoxy groups -OCH3 is 1. The number of H-pyrrole nitrogens is 1. The average molecular weight is 1130 g/mol. The van der Waals surface area contributed by atoms with E-state index in [1.54, 1.807) is 12.1 Å². The molecule has 4 aromatic carbocycles. The number of phenols is 2. The lowest BCUT2D eigenvalue weighted by atomic mass is 9.71. The first-order valence-electron chi connectivity index (χ1n) is 31.0. The fourth-order valence-electron chi connectivity index (χ4n) is 15.0. The van der Waals surface area contributed by atoms with Crippen LogP contribution in [0.3, 0.4) is 0 Å². The molecule has 0 saturated heterocycles. The molecule has 13 heteroatoms. The van der Waals surface area contributed by atoms with E-state index in [1.807, 2.05) is 36.5 Å². The Labute approximate surface area is 490 Å².